The number of aromatic nitrogens is 2. The summed E-state index contributed by atoms with van der Waals surface area (Å²) in [5.74, 6) is 0.946. The SMILES string of the molecule is CCCOCCOc1cc(Cl)nc(COC)n1. The van der Waals surface area contributed by atoms with E-state index >= 15 is 0 Å². The highest BCUT2D eigenvalue weighted by molar-refractivity contribution is 6.29. The van der Waals surface area contributed by atoms with Gasteiger partial charge in [-0.15, -0.1) is 0 Å². The molecule has 1 aromatic heterocycles. The summed E-state index contributed by atoms with van der Waals surface area (Å²) in [5, 5.41) is 0.344. The van der Waals surface area contributed by atoms with Crippen molar-refractivity contribution in [3.8, 4) is 5.88 Å². The van der Waals surface area contributed by atoms with E-state index < -0.39 is 0 Å². The van der Waals surface area contributed by atoms with Gasteiger partial charge in [0, 0.05) is 19.8 Å². The van der Waals surface area contributed by atoms with Gasteiger partial charge < -0.3 is 14.2 Å². The van der Waals surface area contributed by atoms with Crippen LogP contribution in [-0.4, -0.2) is 36.9 Å². The van der Waals surface area contributed by atoms with Crippen molar-refractivity contribution in [2.75, 3.05) is 26.9 Å². The lowest BCUT2D eigenvalue weighted by atomic mass is 10.5. The Bertz CT molecular complexity index is 336. The van der Waals surface area contributed by atoms with Crippen LogP contribution in [0.4, 0.5) is 0 Å². The molecular weight excluding hydrogens is 244 g/mol. The first-order valence-electron chi connectivity index (χ1n) is 5.49. The Labute approximate surface area is 106 Å². The summed E-state index contributed by atoms with van der Waals surface area (Å²) in [6.07, 6.45) is 0.997. The van der Waals surface area contributed by atoms with E-state index in [-0.39, 0.29) is 0 Å². The Kier molecular flexibility index (Phi) is 6.84. The topological polar surface area (TPSA) is 53.5 Å². The smallest absolute Gasteiger partial charge is 0.218 e. The normalized spacial score (nSPS) is 10.5. The lowest BCUT2D eigenvalue weighted by Gasteiger charge is -2.07. The molecule has 0 aliphatic heterocycles. The van der Waals surface area contributed by atoms with E-state index in [2.05, 4.69) is 16.9 Å². The summed E-state index contributed by atoms with van der Waals surface area (Å²) in [4.78, 5) is 8.14. The predicted molar refractivity (Wildman–Crippen MR) is 64.4 cm³/mol. The van der Waals surface area contributed by atoms with E-state index in [1.165, 1.54) is 0 Å². The van der Waals surface area contributed by atoms with Crippen molar-refractivity contribution < 1.29 is 14.2 Å². The van der Waals surface area contributed by atoms with E-state index in [1.54, 1.807) is 13.2 Å². The van der Waals surface area contributed by atoms with E-state index in [0.717, 1.165) is 13.0 Å². The molecule has 0 saturated carbocycles. The van der Waals surface area contributed by atoms with Crippen LogP contribution in [0.25, 0.3) is 0 Å². The van der Waals surface area contributed by atoms with Crippen LogP contribution < -0.4 is 4.74 Å². The lowest BCUT2D eigenvalue weighted by Crippen LogP contribution is -2.09. The standard InChI is InChI=1S/C11H17ClN2O3/c1-3-4-16-5-6-17-11-7-9(12)13-10(14-11)8-15-2/h7H,3-6,8H2,1-2H3. The molecule has 0 aliphatic carbocycles. The second-order valence-electron chi connectivity index (χ2n) is 3.34. The molecule has 0 bridgehead atoms. The average Bonchev–Trinajstić information content (AvgIpc) is 2.28. The molecule has 0 spiro atoms. The number of nitrogens with zero attached hydrogens (tertiary/aromatic N) is 2. The summed E-state index contributed by atoms with van der Waals surface area (Å²) < 4.78 is 15.6. The summed E-state index contributed by atoms with van der Waals surface area (Å²) in [6, 6.07) is 1.57. The fourth-order valence-corrected chi connectivity index (χ4v) is 1.35. The molecule has 0 radical (unpaired) electrons. The van der Waals surface area contributed by atoms with Gasteiger partial charge in [0.1, 0.15) is 18.4 Å². The predicted octanol–water partition coefficient (Wildman–Crippen LogP) is 2.08. The van der Waals surface area contributed by atoms with Crippen LogP contribution >= 0.6 is 11.6 Å². The number of hydrogen-bond donors (Lipinski definition) is 0. The van der Waals surface area contributed by atoms with Crippen LogP contribution in [0.2, 0.25) is 5.15 Å². The number of methoxy groups -OCH3 is 1. The molecular formula is C11H17ClN2O3. The molecule has 1 rings (SSSR count). The molecule has 0 aliphatic rings. The van der Waals surface area contributed by atoms with E-state index in [0.29, 0.717) is 36.7 Å². The zero-order valence-corrected chi connectivity index (χ0v) is 10.9. The third-order valence-electron chi connectivity index (χ3n) is 1.82. The van der Waals surface area contributed by atoms with E-state index in [9.17, 15) is 0 Å². The number of ether oxygens (including phenoxy) is 3. The Morgan fingerprint density at radius 3 is 2.76 bits per heavy atom. The highest BCUT2D eigenvalue weighted by Gasteiger charge is 2.04. The van der Waals surface area contributed by atoms with Gasteiger partial charge in [-0.1, -0.05) is 18.5 Å². The summed E-state index contributed by atoms with van der Waals surface area (Å²) in [6.45, 7) is 4.09. The van der Waals surface area contributed by atoms with Crippen LogP contribution in [0, 0.1) is 0 Å². The molecule has 96 valence electrons. The summed E-state index contributed by atoms with van der Waals surface area (Å²) in [5.41, 5.74) is 0. The van der Waals surface area contributed by atoms with Crippen LogP contribution in [0.1, 0.15) is 19.2 Å². The Balaban J connectivity index is 2.41. The van der Waals surface area contributed by atoms with Gasteiger partial charge in [0.15, 0.2) is 5.82 Å². The molecule has 1 heterocycles. The summed E-state index contributed by atoms with van der Waals surface area (Å²) >= 11 is 5.83. The van der Waals surface area contributed by atoms with Crippen LogP contribution in [0.3, 0.4) is 0 Å². The van der Waals surface area contributed by atoms with Gasteiger partial charge in [-0.25, -0.2) is 4.98 Å². The van der Waals surface area contributed by atoms with Crippen molar-refractivity contribution >= 4 is 11.6 Å². The second kappa shape index (κ2) is 8.22. The maximum atomic E-state index is 5.83. The monoisotopic (exact) mass is 260 g/mol. The molecule has 1 aromatic rings. The van der Waals surface area contributed by atoms with Crippen LogP contribution in [0.15, 0.2) is 6.07 Å². The minimum absolute atomic E-state index is 0.309. The van der Waals surface area contributed by atoms with Crippen molar-refractivity contribution in [3.63, 3.8) is 0 Å². The zero-order chi connectivity index (χ0) is 12.5. The maximum absolute atomic E-state index is 5.83. The number of hydrogen-bond acceptors (Lipinski definition) is 5. The average molecular weight is 261 g/mol. The van der Waals surface area contributed by atoms with Gasteiger partial charge in [-0.3, -0.25) is 0 Å². The summed E-state index contributed by atoms with van der Waals surface area (Å²) in [7, 11) is 1.57. The largest absolute Gasteiger partial charge is 0.475 e. The van der Waals surface area contributed by atoms with Gasteiger partial charge in [-0.2, -0.15) is 4.98 Å². The first-order valence-corrected chi connectivity index (χ1v) is 5.87. The highest BCUT2D eigenvalue weighted by atomic mass is 35.5. The molecule has 0 unspecified atom stereocenters. The van der Waals surface area contributed by atoms with Gasteiger partial charge in [0.2, 0.25) is 5.88 Å². The molecule has 0 saturated heterocycles. The molecule has 0 atom stereocenters. The fraction of sp³-hybridized carbons (Fsp3) is 0.636. The molecule has 17 heavy (non-hydrogen) atoms. The molecule has 0 aromatic carbocycles. The first kappa shape index (κ1) is 14.2. The maximum Gasteiger partial charge on any atom is 0.218 e. The fourth-order valence-electron chi connectivity index (χ4n) is 1.16. The lowest BCUT2D eigenvalue weighted by molar-refractivity contribution is 0.0985. The van der Waals surface area contributed by atoms with E-state index in [4.69, 9.17) is 25.8 Å². The zero-order valence-electron chi connectivity index (χ0n) is 10.1. The van der Waals surface area contributed by atoms with Crippen molar-refractivity contribution in [2.24, 2.45) is 0 Å². The molecule has 0 amide bonds. The van der Waals surface area contributed by atoms with Gasteiger partial charge in [-0.05, 0) is 6.42 Å². The Hall–Kier alpha value is -0.910. The quantitative estimate of drug-likeness (QED) is 0.529. The number of rotatable bonds is 8. The minimum Gasteiger partial charge on any atom is -0.475 e. The van der Waals surface area contributed by atoms with Gasteiger partial charge in [0.05, 0.1) is 6.61 Å². The van der Waals surface area contributed by atoms with Crippen molar-refractivity contribution in [1.29, 1.82) is 0 Å². The van der Waals surface area contributed by atoms with Crippen LogP contribution in [0.5, 0.6) is 5.88 Å². The van der Waals surface area contributed by atoms with Crippen molar-refractivity contribution in [1.82, 2.24) is 9.97 Å². The minimum atomic E-state index is 0.309. The Morgan fingerprint density at radius 2 is 2.06 bits per heavy atom. The Morgan fingerprint density at radius 1 is 1.24 bits per heavy atom. The van der Waals surface area contributed by atoms with Crippen LogP contribution in [-0.2, 0) is 16.1 Å². The molecule has 6 heteroatoms. The third-order valence-corrected chi connectivity index (χ3v) is 2.01. The third kappa shape index (κ3) is 5.81. The first-order chi connectivity index (χ1) is 8.26. The highest BCUT2D eigenvalue weighted by Crippen LogP contribution is 2.13. The van der Waals surface area contributed by atoms with Gasteiger partial charge >= 0.3 is 0 Å². The second-order valence-corrected chi connectivity index (χ2v) is 3.73. The molecule has 0 N–H and O–H groups in total. The number of halogens is 1. The molecule has 5 nitrogen and oxygen atoms in total. The van der Waals surface area contributed by atoms with Crippen molar-refractivity contribution in [3.05, 3.63) is 17.0 Å². The van der Waals surface area contributed by atoms with E-state index in [1.807, 2.05) is 0 Å². The molecule has 0 fully saturated rings. The van der Waals surface area contributed by atoms with Crippen molar-refractivity contribution in [2.45, 2.75) is 20.0 Å². The van der Waals surface area contributed by atoms with Gasteiger partial charge in [0.25, 0.3) is 0 Å².